The van der Waals surface area contributed by atoms with Crippen LogP contribution in [0.25, 0.3) is 5.78 Å². The second kappa shape index (κ2) is 7.28. The van der Waals surface area contributed by atoms with Crippen molar-refractivity contribution < 1.29 is 9.64 Å². The maximum atomic E-state index is 5.64. The summed E-state index contributed by atoms with van der Waals surface area (Å²) in [6.45, 7) is 8.93. The van der Waals surface area contributed by atoms with Crippen molar-refractivity contribution in [2.75, 3.05) is 38.2 Å². The lowest BCUT2D eigenvalue weighted by Gasteiger charge is -2.33. The summed E-state index contributed by atoms with van der Waals surface area (Å²) in [7, 11) is 1.69. The van der Waals surface area contributed by atoms with Crippen LogP contribution in [0.1, 0.15) is 11.4 Å². The Bertz CT molecular complexity index is 1000. The Labute approximate surface area is 163 Å². The number of hydrogen-bond donors (Lipinski definition) is 1. The van der Waals surface area contributed by atoms with E-state index in [2.05, 4.69) is 27.1 Å². The molecular formula is C19H25N6OS+. The van der Waals surface area contributed by atoms with Crippen LogP contribution in [0.2, 0.25) is 0 Å². The van der Waals surface area contributed by atoms with E-state index in [1.54, 1.807) is 7.11 Å². The molecule has 1 aliphatic rings. The molecule has 1 fully saturated rings. The molecule has 0 spiro atoms. The first-order valence-electron chi connectivity index (χ1n) is 9.21. The summed E-state index contributed by atoms with van der Waals surface area (Å²) in [6.07, 6.45) is 0. The zero-order valence-corrected chi connectivity index (χ0v) is 16.8. The number of nitrogens with zero attached hydrogens (tertiary/aromatic N) is 5. The monoisotopic (exact) mass is 385 g/mol. The Morgan fingerprint density at radius 3 is 2.52 bits per heavy atom. The minimum absolute atomic E-state index is 0.689. The highest BCUT2D eigenvalue weighted by molar-refractivity contribution is 7.71. The van der Waals surface area contributed by atoms with Gasteiger partial charge in [0, 0.05) is 17.1 Å². The number of fused-ring (bicyclic) bond motifs is 1. The fraction of sp³-hybridized carbons (Fsp3) is 0.421. The highest BCUT2D eigenvalue weighted by Crippen LogP contribution is 2.19. The topological polar surface area (TPSA) is 52.0 Å². The number of nitrogens with one attached hydrogen (secondary N) is 1. The van der Waals surface area contributed by atoms with Gasteiger partial charge < -0.3 is 14.5 Å². The molecule has 0 unspecified atom stereocenters. The van der Waals surface area contributed by atoms with Gasteiger partial charge in [-0.25, -0.2) is 4.98 Å². The van der Waals surface area contributed by atoms with E-state index >= 15 is 0 Å². The number of hydrogen-bond acceptors (Lipinski definition) is 5. The number of aromatic nitrogens is 4. The zero-order valence-electron chi connectivity index (χ0n) is 16.0. The van der Waals surface area contributed by atoms with Gasteiger partial charge >= 0.3 is 0 Å². The van der Waals surface area contributed by atoms with Gasteiger partial charge in [0.25, 0.3) is 5.78 Å². The van der Waals surface area contributed by atoms with E-state index < -0.39 is 0 Å². The first-order chi connectivity index (χ1) is 13.0. The van der Waals surface area contributed by atoms with Crippen LogP contribution in [0.4, 0.5) is 5.69 Å². The third kappa shape index (κ3) is 3.54. The van der Waals surface area contributed by atoms with Gasteiger partial charge in [0.15, 0.2) is 6.67 Å². The van der Waals surface area contributed by atoms with Crippen LogP contribution in [-0.2, 0) is 6.67 Å². The van der Waals surface area contributed by atoms with Crippen molar-refractivity contribution in [3.8, 4) is 5.75 Å². The highest BCUT2D eigenvalue weighted by Gasteiger charge is 2.21. The van der Waals surface area contributed by atoms with Crippen molar-refractivity contribution in [2.24, 2.45) is 0 Å². The molecule has 1 aromatic carbocycles. The molecule has 1 saturated heterocycles. The number of piperazine rings is 1. The normalized spacial score (nSPS) is 15.4. The molecule has 1 aliphatic heterocycles. The number of methoxy groups -OCH3 is 1. The Balaban J connectivity index is 1.45. The summed E-state index contributed by atoms with van der Waals surface area (Å²) >= 11 is 5.64. The molecule has 0 bridgehead atoms. The molecule has 3 aromatic rings. The molecule has 7 nitrogen and oxygen atoms in total. The van der Waals surface area contributed by atoms with E-state index in [4.69, 9.17) is 17.0 Å². The van der Waals surface area contributed by atoms with Gasteiger partial charge in [-0.2, -0.15) is 4.68 Å². The van der Waals surface area contributed by atoms with Gasteiger partial charge in [0.1, 0.15) is 5.75 Å². The average molecular weight is 386 g/mol. The van der Waals surface area contributed by atoms with Crippen LogP contribution < -0.4 is 14.5 Å². The van der Waals surface area contributed by atoms with Gasteiger partial charge in [-0.05, 0) is 56.4 Å². The highest BCUT2D eigenvalue weighted by atomic mass is 32.1. The number of rotatable bonds is 4. The largest absolute Gasteiger partial charge is 0.497 e. The summed E-state index contributed by atoms with van der Waals surface area (Å²) in [4.78, 5) is 8.41. The molecule has 8 heteroatoms. The van der Waals surface area contributed by atoms with Crippen molar-refractivity contribution >= 4 is 23.7 Å². The van der Waals surface area contributed by atoms with Crippen LogP contribution in [0, 0.1) is 18.6 Å². The van der Waals surface area contributed by atoms with Crippen molar-refractivity contribution in [2.45, 2.75) is 20.5 Å². The lowest BCUT2D eigenvalue weighted by Crippen LogP contribution is -3.14. The fourth-order valence-corrected chi connectivity index (χ4v) is 4.01. The predicted molar refractivity (Wildman–Crippen MR) is 107 cm³/mol. The van der Waals surface area contributed by atoms with Crippen molar-refractivity contribution in [3.05, 3.63) is 46.5 Å². The van der Waals surface area contributed by atoms with E-state index in [1.807, 2.05) is 41.1 Å². The van der Waals surface area contributed by atoms with Gasteiger partial charge in [-0.3, -0.25) is 4.40 Å². The molecule has 142 valence electrons. The molecule has 2 aromatic heterocycles. The molecule has 0 atom stereocenters. The van der Waals surface area contributed by atoms with Crippen molar-refractivity contribution in [1.82, 2.24) is 19.2 Å². The number of quaternary nitrogens is 1. The van der Waals surface area contributed by atoms with Crippen LogP contribution in [0.3, 0.4) is 0 Å². The van der Waals surface area contributed by atoms with E-state index in [-0.39, 0.29) is 0 Å². The standard InChI is InChI=1S/C19H24N6OS/c1-14-12-15(2)25-18(20-14)21-24(19(25)27)13-22-8-10-23(11-9-22)16-4-6-17(26-3)7-5-16/h4-7,12H,8-11,13H2,1-3H3/p+1. The van der Waals surface area contributed by atoms with Gasteiger partial charge in [0.05, 0.1) is 33.3 Å². The van der Waals surface area contributed by atoms with Crippen LogP contribution in [0.5, 0.6) is 5.75 Å². The Hall–Kier alpha value is -2.45. The maximum Gasteiger partial charge on any atom is 0.254 e. The Morgan fingerprint density at radius 2 is 1.85 bits per heavy atom. The summed E-state index contributed by atoms with van der Waals surface area (Å²) in [5, 5.41) is 4.64. The first kappa shape index (κ1) is 17.9. The van der Waals surface area contributed by atoms with Crippen LogP contribution in [-0.4, -0.2) is 52.5 Å². The Kier molecular flexibility index (Phi) is 4.84. The summed E-state index contributed by atoms with van der Waals surface area (Å²) in [5.41, 5.74) is 3.29. The second-order valence-electron chi connectivity index (χ2n) is 7.05. The molecule has 1 N–H and O–H groups in total. The average Bonchev–Trinajstić information content (AvgIpc) is 2.98. The van der Waals surface area contributed by atoms with Gasteiger partial charge in [0.2, 0.25) is 4.77 Å². The molecule has 4 rings (SSSR count). The molecule has 0 radical (unpaired) electrons. The maximum absolute atomic E-state index is 5.64. The number of anilines is 1. The lowest BCUT2D eigenvalue weighted by molar-refractivity contribution is -0.924. The lowest BCUT2D eigenvalue weighted by atomic mass is 10.2. The molecule has 27 heavy (non-hydrogen) atoms. The smallest absolute Gasteiger partial charge is 0.254 e. The molecular weight excluding hydrogens is 360 g/mol. The van der Waals surface area contributed by atoms with E-state index in [9.17, 15) is 0 Å². The number of ether oxygens (including phenoxy) is 1. The summed E-state index contributed by atoms with van der Waals surface area (Å²) in [6, 6.07) is 10.3. The van der Waals surface area contributed by atoms with Gasteiger partial charge in [-0.1, -0.05) is 0 Å². The number of benzene rings is 1. The van der Waals surface area contributed by atoms with Crippen LogP contribution in [0.15, 0.2) is 30.3 Å². The van der Waals surface area contributed by atoms with Crippen LogP contribution >= 0.6 is 12.2 Å². The fourth-order valence-electron chi connectivity index (χ4n) is 3.68. The second-order valence-corrected chi connectivity index (χ2v) is 7.41. The van der Waals surface area contributed by atoms with Crippen molar-refractivity contribution in [3.63, 3.8) is 0 Å². The van der Waals surface area contributed by atoms with Gasteiger partial charge in [-0.15, -0.1) is 5.10 Å². The summed E-state index contributed by atoms with van der Waals surface area (Å²) < 4.78 is 9.84. The minimum atomic E-state index is 0.689. The minimum Gasteiger partial charge on any atom is -0.497 e. The molecule has 0 saturated carbocycles. The Morgan fingerprint density at radius 1 is 1.15 bits per heavy atom. The van der Waals surface area contributed by atoms with E-state index in [1.165, 1.54) is 10.6 Å². The SMILES string of the molecule is COc1ccc(N2CC[NH+](Cn3nc4nc(C)cc(C)n4c3=S)CC2)cc1. The quantitative estimate of drug-likeness (QED) is 0.685. The molecule has 0 aliphatic carbocycles. The third-order valence-electron chi connectivity index (χ3n) is 5.15. The predicted octanol–water partition coefficient (Wildman–Crippen LogP) is 1.25. The molecule has 3 heterocycles. The first-order valence-corrected chi connectivity index (χ1v) is 9.62. The van der Waals surface area contributed by atoms with Crippen molar-refractivity contribution in [1.29, 1.82) is 0 Å². The van der Waals surface area contributed by atoms with E-state index in [0.717, 1.165) is 54.8 Å². The zero-order chi connectivity index (χ0) is 19.0. The summed E-state index contributed by atoms with van der Waals surface area (Å²) in [5.74, 6) is 1.58. The third-order valence-corrected chi connectivity index (χ3v) is 5.54. The molecule has 0 amide bonds. The number of aryl methyl sites for hydroxylation is 2. The van der Waals surface area contributed by atoms with E-state index in [0.29, 0.717) is 5.78 Å².